The van der Waals surface area contributed by atoms with Crippen molar-refractivity contribution in [3.8, 4) is 6.07 Å². The molecule has 0 saturated heterocycles. The third-order valence-corrected chi connectivity index (χ3v) is 6.85. The Kier molecular flexibility index (Phi) is 6.23. The van der Waals surface area contributed by atoms with Gasteiger partial charge in [-0.25, -0.2) is 8.42 Å². The number of benzene rings is 2. The number of amides is 1. The summed E-state index contributed by atoms with van der Waals surface area (Å²) < 4.78 is 26.8. The molecule has 1 amide bonds. The maximum absolute atomic E-state index is 12.8. The molecule has 2 aromatic rings. The monoisotopic (exact) mass is 411 g/mol. The van der Waals surface area contributed by atoms with Gasteiger partial charge in [0.2, 0.25) is 15.9 Å². The van der Waals surface area contributed by atoms with E-state index in [0.29, 0.717) is 30.6 Å². The van der Waals surface area contributed by atoms with Crippen LogP contribution in [0.3, 0.4) is 0 Å². The number of fused-ring (bicyclic) bond motifs is 1. The van der Waals surface area contributed by atoms with Gasteiger partial charge in [0, 0.05) is 24.3 Å². The van der Waals surface area contributed by atoms with Crippen molar-refractivity contribution in [2.45, 2.75) is 44.8 Å². The van der Waals surface area contributed by atoms with E-state index in [0.717, 1.165) is 29.7 Å². The first-order chi connectivity index (χ1) is 13.8. The Labute approximate surface area is 172 Å². The first-order valence-corrected chi connectivity index (χ1v) is 11.3. The summed E-state index contributed by atoms with van der Waals surface area (Å²) in [5.41, 5.74) is 3.99. The van der Waals surface area contributed by atoms with Crippen LogP contribution in [0.5, 0.6) is 0 Å². The molecule has 29 heavy (non-hydrogen) atoms. The Balaban J connectivity index is 1.71. The van der Waals surface area contributed by atoms with Crippen LogP contribution >= 0.6 is 0 Å². The van der Waals surface area contributed by atoms with Gasteiger partial charge < -0.3 is 4.90 Å². The van der Waals surface area contributed by atoms with E-state index in [1.165, 1.54) is 0 Å². The largest absolute Gasteiger partial charge is 0.312 e. The molecule has 0 bridgehead atoms. The molecule has 0 spiro atoms. The molecule has 3 rings (SSSR count). The lowest BCUT2D eigenvalue weighted by molar-refractivity contribution is -0.118. The highest BCUT2D eigenvalue weighted by atomic mass is 32.2. The zero-order valence-electron chi connectivity index (χ0n) is 16.7. The second kappa shape index (κ2) is 8.66. The first-order valence-electron chi connectivity index (χ1n) is 9.74. The lowest BCUT2D eigenvalue weighted by Crippen LogP contribution is -2.35. The number of carbonyl (C=O) groups excluding carboxylic acids is 1. The van der Waals surface area contributed by atoms with Gasteiger partial charge in [-0.15, -0.1) is 0 Å². The second-order valence-corrected chi connectivity index (χ2v) is 9.73. The lowest BCUT2D eigenvalue weighted by Gasteiger charge is -2.30. The van der Waals surface area contributed by atoms with Crippen molar-refractivity contribution < 1.29 is 13.2 Å². The number of nitriles is 1. The second-order valence-electron chi connectivity index (χ2n) is 7.50. The molecule has 2 aromatic carbocycles. The Bertz CT molecular complexity index is 1040. The van der Waals surface area contributed by atoms with Crippen LogP contribution < -0.4 is 9.62 Å². The Morgan fingerprint density at radius 2 is 1.93 bits per heavy atom. The number of aryl methyl sites for hydroxylation is 2. The quantitative estimate of drug-likeness (QED) is 0.786. The number of rotatable bonds is 6. The van der Waals surface area contributed by atoms with Crippen LogP contribution in [-0.2, 0) is 27.7 Å². The highest BCUT2D eigenvalue weighted by molar-refractivity contribution is 7.93. The number of nitrogens with one attached hydrogen (secondary N) is 1. The maximum Gasteiger partial charge on any atom is 0.235 e. The average Bonchev–Trinajstić information content (AvgIpc) is 2.71. The SMILES string of the molecule is CC(C)S(=O)(=O)Nc1ccc2c(c1)CCCN2C(=O)CCc1ccc(C#N)cc1. The summed E-state index contributed by atoms with van der Waals surface area (Å²) in [6, 6.07) is 14.7. The molecule has 7 heteroatoms. The Morgan fingerprint density at radius 3 is 2.59 bits per heavy atom. The molecule has 152 valence electrons. The van der Waals surface area contributed by atoms with Crippen LogP contribution in [-0.4, -0.2) is 26.1 Å². The van der Waals surface area contributed by atoms with Gasteiger partial charge in [0.25, 0.3) is 0 Å². The van der Waals surface area contributed by atoms with Gasteiger partial charge in [-0.1, -0.05) is 12.1 Å². The zero-order valence-corrected chi connectivity index (χ0v) is 17.5. The van der Waals surface area contributed by atoms with Crippen LogP contribution in [0.15, 0.2) is 42.5 Å². The molecule has 1 N–H and O–H groups in total. The standard InChI is InChI=1S/C22H25N3O3S/c1-16(2)29(27,28)24-20-10-11-21-19(14-20)4-3-13-25(21)22(26)12-9-17-5-7-18(15-23)8-6-17/h5-8,10-11,14,16,24H,3-4,9,12-13H2,1-2H3. The lowest BCUT2D eigenvalue weighted by atomic mass is 10.00. The summed E-state index contributed by atoms with van der Waals surface area (Å²) >= 11 is 0. The van der Waals surface area contributed by atoms with Crippen molar-refractivity contribution in [1.29, 1.82) is 5.26 Å². The topological polar surface area (TPSA) is 90.3 Å². The van der Waals surface area contributed by atoms with Crippen LogP contribution in [0.2, 0.25) is 0 Å². The summed E-state index contributed by atoms with van der Waals surface area (Å²) in [5, 5.41) is 8.36. The molecule has 6 nitrogen and oxygen atoms in total. The Hall–Kier alpha value is -2.85. The van der Waals surface area contributed by atoms with Crippen LogP contribution in [0.25, 0.3) is 0 Å². The summed E-state index contributed by atoms with van der Waals surface area (Å²) in [4.78, 5) is 14.6. The average molecular weight is 412 g/mol. The van der Waals surface area contributed by atoms with Crippen LogP contribution in [0.1, 0.15) is 43.4 Å². The highest BCUT2D eigenvalue weighted by Gasteiger charge is 2.23. The van der Waals surface area contributed by atoms with Crippen molar-refractivity contribution in [3.05, 3.63) is 59.2 Å². The molecule has 0 saturated carbocycles. The minimum absolute atomic E-state index is 0.0471. The number of nitrogens with zero attached hydrogens (tertiary/aromatic N) is 2. The van der Waals surface area contributed by atoms with Gasteiger partial charge in [-0.05, 0) is 74.6 Å². The van der Waals surface area contributed by atoms with E-state index < -0.39 is 15.3 Å². The fraction of sp³-hybridized carbons (Fsp3) is 0.364. The summed E-state index contributed by atoms with van der Waals surface area (Å²) in [5.74, 6) is 0.0471. The predicted molar refractivity (Wildman–Crippen MR) is 114 cm³/mol. The van der Waals surface area contributed by atoms with E-state index in [-0.39, 0.29) is 5.91 Å². The summed E-state index contributed by atoms with van der Waals surface area (Å²) in [7, 11) is -3.40. The van der Waals surface area contributed by atoms with Crippen molar-refractivity contribution in [1.82, 2.24) is 0 Å². The number of hydrogen-bond donors (Lipinski definition) is 1. The van der Waals surface area contributed by atoms with Crippen molar-refractivity contribution in [2.75, 3.05) is 16.2 Å². The summed E-state index contributed by atoms with van der Waals surface area (Å²) in [6.45, 7) is 3.93. The minimum Gasteiger partial charge on any atom is -0.312 e. The molecule has 0 aliphatic carbocycles. The van der Waals surface area contributed by atoms with Gasteiger partial charge >= 0.3 is 0 Å². The zero-order chi connectivity index (χ0) is 21.0. The van der Waals surface area contributed by atoms with Crippen molar-refractivity contribution >= 4 is 27.3 Å². The van der Waals surface area contributed by atoms with E-state index in [1.807, 2.05) is 24.3 Å². The molecule has 1 aliphatic rings. The van der Waals surface area contributed by atoms with E-state index >= 15 is 0 Å². The van der Waals surface area contributed by atoms with E-state index in [2.05, 4.69) is 10.8 Å². The molecule has 0 aromatic heterocycles. The highest BCUT2D eigenvalue weighted by Crippen LogP contribution is 2.31. The van der Waals surface area contributed by atoms with Crippen molar-refractivity contribution in [3.63, 3.8) is 0 Å². The van der Waals surface area contributed by atoms with Gasteiger partial charge in [-0.3, -0.25) is 9.52 Å². The molecule has 0 atom stereocenters. The molecule has 1 heterocycles. The molecule has 1 aliphatic heterocycles. The molecule has 0 unspecified atom stereocenters. The number of sulfonamides is 1. The van der Waals surface area contributed by atoms with Gasteiger partial charge in [0.15, 0.2) is 0 Å². The van der Waals surface area contributed by atoms with Crippen LogP contribution in [0.4, 0.5) is 11.4 Å². The van der Waals surface area contributed by atoms with Crippen LogP contribution in [0, 0.1) is 11.3 Å². The molecule has 0 radical (unpaired) electrons. The van der Waals surface area contributed by atoms with E-state index in [4.69, 9.17) is 5.26 Å². The van der Waals surface area contributed by atoms with Crippen molar-refractivity contribution in [2.24, 2.45) is 0 Å². The first kappa shape index (κ1) is 20.9. The smallest absolute Gasteiger partial charge is 0.235 e. The van der Waals surface area contributed by atoms with E-state index in [1.54, 1.807) is 36.9 Å². The number of anilines is 2. The normalized spacial score (nSPS) is 13.7. The fourth-order valence-electron chi connectivity index (χ4n) is 3.33. The number of carbonyl (C=O) groups is 1. The summed E-state index contributed by atoms with van der Waals surface area (Å²) in [6.07, 6.45) is 2.65. The third kappa shape index (κ3) is 4.96. The van der Waals surface area contributed by atoms with E-state index in [9.17, 15) is 13.2 Å². The van der Waals surface area contributed by atoms with Gasteiger partial charge in [0.05, 0.1) is 16.9 Å². The molecular weight excluding hydrogens is 386 g/mol. The predicted octanol–water partition coefficient (Wildman–Crippen LogP) is 3.62. The fourth-order valence-corrected chi connectivity index (χ4v) is 4.03. The molecule has 0 fully saturated rings. The molecular formula is C22H25N3O3S. The minimum atomic E-state index is -3.40. The Morgan fingerprint density at radius 1 is 1.21 bits per heavy atom. The van der Waals surface area contributed by atoms with Gasteiger partial charge in [0.1, 0.15) is 0 Å². The third-order valence-electron chi connectivity index (χ3n) is 5.09. The maximum atomic E-state index is 12.8. The number of hydrogen-bond acceptors (Lipinski definition) is 4. The van der Waals surface area contributed by atoms with Gasteiger partial charge in [-0.2, -0.15) is 5.26 Å².